The second kappa shape index (κ2) is 9.52. The monoisotopic (exact) mass is 489 g/mol. The molecule has 1 amide bonds. The van der Waals surface area contributed by atoms with Gasteiger partial charge in [-0.3, -0.25) is 9.78 Å². The highest BCUT2D eigenvalue weighted by Crippen LogP contribution is 2.29. The lowest BCUT2D eigenvalue weighted by Crippen LogP contribution is -2.39. The molecule has 2 aliphatic rings. The van der Waals surface area contributed by atoms with Crippen molar-refractivity contribution in [3.63, 3.8) is 0 Å². The van der Waals surface area contributed by atoms with Gasteiger partial charge in [-0.1, -0.05) is 11.8 Å². The summed E-state index contributed by atoms with van der Waals surface area (Å²) in [5, 5.41) is 12.1. The molecule has 3 N–H and O–H groups in total. The van der Waals surface area contributed by atoms with Gasteiger partial charge in [0.05, 0.1) is 23.2 Å². The lowest BCUT2D eigenvalue weighted by Gasteiger charge is -2.30. The summed E-state index contributed by atoms with van der Waals surface area (Å²) >= 11 is 1.43. The molecule has 10 heteroatoms. The first-order chi connectivity index (χ1) is 17.1. The molecule has 6 rings (SSSR count). The topological polar surface area (TPSA) is 118 Å². The molecule has 4 heterocycles. The van der Waals surface area contributed by atoms with Gasteiger partial charge in [0.25, 0.3) is 0 Å². The number of oxazole rings is 1. The largest absolute Gasteiger partial charge is 0.441 e. The Balaban J connectivity index is 1.04. The zero-order chi connectivity index (χ0) is 23.8. The van der Waals surface area contributed by atoms with E-state index in [1.165, 1.54) is 17.3 Å². The summed E-state index contributed by atoms with van der Waals surface area (Å²) in [5.41, 5.74) is 4.69. The van der Waals surface area contributed by atoms with Gasteiger partial charge in [0.15, 0.2) is 17.3 Å². The normalized spacial score (nSPS) is 20.2. The molecule has 0 unspecified atom stereocenters. The van der Waals surface area contributed by atoms with Crippen molar-refractivity contribution in [3.8, 4) is 0 Å². The highest BCUT2D eigenvalue weighted by molar-refractivity contribution is 8.00. The SMILES string of the molecule is Cc1nc2c(ccc3nccc(CNC4CCC(NCc5cnc6c(n5)NC(=O)CS6)CC4)c32)o1. The Morgan fingerprint density at radius 3 is 2.69 bits per heavy atom. The summed E-state index contributed by atoms with van der Waals surface area (Å²) in [7, 11) is 0. The zero-order valence-electron chi connectivity index (χ0n) is 19.5. The molecular weight excluding hydrogens is 462 g/mol. The van der Waals surface area contributed by atoms with E-state index in [1.54, 1.807) is 6.20 Å². The first-order valence-electron chi connectivity index (χ1n) is 12.0. The van der Waals surface area contributed by atoms with E-state index in [9.17, 15) is 4.79 Å². The molecule has 180 valence electrons. The maximum atomic E-state index is 11.6. The molecule has 0 atom stereocenters. The van der Waals surface area contributed by atoms with Gasteiger partial charge in [-0.2, -0.15) is 0 Å². The predicted octanol–water partition coefficient (Wildman–Crippen LogP) is 3.71. The number of benzene rings is 1. The summed E-state index contributed by atoms with van der Waals surface area (Å²) in [4.78, 5) is 29.8. The second-order valence-electron chi connectivity index (χ2n) is 9.17. The number of carbonyl (C=O) groups is 1. The zero-order valence-corrected chi connectivity index (χ0v) is 20.3. The van der Waals surface area contributed by atoms with Crippen molar-refractivity contribution in [2.24, 2.45) is 0 Å². The number of fused-ring (bicyclic) bond motifs is 4. The second-order valence-corrected chi connectivity index (χ2v) is 10.1. The number of anilines is 1. The van der Waals surface area contributed by atoms with Crippen LogP contribution >= 0.6 is 11.8 Å². The van der Waals surface area contributed by atoms with Crippen molar-refractivity contribution >= 4 is 45.5 Å². The van der Waals surface area contributed by atoms with Crippen molar-refractivity contribution in [3.05, 3.63) is 47.7 Å². The van der Waals surface area contributed by atoms with Gasteiger partial charge in [0.1, 0.15) is 10.5 Å². The van der Waals surface area contributed by atoms with E-state index < -0.39 is 0 Å². The molecule has 1 fully saturated rings. The number of nitrogens with one attached hydrogen (secondary N) is 3. The molecular formula is C25H27N7O2S. The number of aryl methyl sites for hydroxylation is 1. The number of hydrogen-bond donors (Lipinski definition) is 3. The van der Waals surface area contributed by atoms with E-state index >= 15 is 0 Å². The molecule has 1 saturated carbocycles. The van der Waals surface area contributed by atoms with Gasteiger partial charge in [0.2, 0.25) is 5.91 Å². The highest BCUT2D eigenvalue weighted by atomic mass is 32.2. The number of amides is 1. The number of carbonyl (C=O) groups excluding carboxylic acids is 1. The van der Waals surface area contributed by atoms with Crippen LogP contribution in [0.15, 0.2) is 40.0 Å². The molecule has 0 radical (unpaired) electrons. The number of pyridine rings is 1. The highest BCUT2D eigenvalue weighted by Gasteiger charge is 2.22. The van der Waals surface area contributed by atoms with Crippen LogP contribution in [0.4, 0.5) is 5.82 Å². The Hall–Kier alpha value is -3.08. The smallest absolute Gasteiger partial charge is 0.236 e. The fraction of sp³-hybridized carbons (Fsp3) is 0.400. The van der Waals surface area contributed by atoms with Crippen LogP contribution < -0.4 is 16.0 Å². The first-order valence-corrected chi connectivity index (χ1v) is 13.0. The summed E-state index contributed by atoms with van der Waals surface area (Å²) in [5.74, 6) is 1.64. The van der Waals surface area contributed by atoms with Gasteiger partial charge in [-0.15, -0.1) is 0 Å². The van der Waals surface area contributed by atoms with Crippen molar-refractivity contribution in [1.82, 2.24) is 30.6 Å². The summed E-state index contributed by atoms with van der Waals surface area (Å²) < 4.78 is 5.73. The Morgan fingerprint density at radius 2 is 1.86 bits per heavy atom. The Labute approximate surface area is 206 Å². The maximum Gasteiger partial charge on any atom is 0.236 e. The van der Waals surface area contributed by atoms with Crippen LogP contribution in [0.2, 0.25) is 0 Å². The Morgan fingerprint density at radius 1 is 1.06 bits per heavy atom. The summed E-state index contributed by atoms with van der Waals surface area (Å²) in [6, 6.07) is 6.95. The average molecular weight is 490 g/mol. The van der Waals surface area contributed by atoms with Crippen molar-refractivity contribution in [2.45, 2.75) is 62.8 Å². The molecule has 0 saturated heterocycles. The van der Waals surface area contributed by atoms with Gasteiger partial charge in [0, 0.05) is 43.7 Å². The van der Waals surface area contributed by atoms with E-state index in [4.69, 9.17) is 4.42 Å². The first kappa shape index (κ1) is 22.4. The van der Waals surface area contributed by atoms with Gasteiger partial charge < -0.3 is 20.4 Å². The van der Waals surface area contributed by atoms with Crippen LogP contribution in [0.5, 0.6) is 0 Å². The number of rotatable bonds is 6. The fourth-order valence-electron chi connectivity index (χ4n) is 4.95. The van der Waals surface area contributed by atoms with Crippen LogP contribution in [-0.2, 0) is 17.9 Å². The number of hydrogen-bond acceptors (Lipinski definition) is 9. The Bertz CT molecular complexity index is 1400. The van der Waals surface area contributed by atoms with Gasteiger partial charge >= 0.3 is 0 Å². The minimum Gasteiger partial charge on any atom is -0.441 e. The van der Waals surface area contributed by atoms with E-state index in [2.05, 4.69) is 42.0 Å². The number of nitrogens with zero attached hydrogens (tertiary/aromatic N) is 4. The Kier molecular flexibility index (Phi) is 6.09. The molecule has 1 aliphatic heterocycles. The third-order valence-corrected chi connectivity index (χ3v) is 7.70. The third-order valence-electron chi connectivity index (χ3n) is 6.72. The van der Waals surface area contributed by atoms with Crippen LogP contribution in [0.1, 0.15) is 42.8 Å². The lowest BCUT2D eigenvalue weighted by molar-refractivity contribution is -0.113. The molecule has 3 aromatic heterocycles. The van der Waals surface area contributed by atoms with Crippen LogP contribution in [0.3, 0.4) is 0 Å². The van der Waals surface area contributed by atoms with Crippen molar-refractivity contribution in [1.29, 1.82) is 0 Å². The van der Waals surface area contributed by atoms with Crippen LogP contribution in [-0.4, -0.2) is 43.7 Å². The molecule has 0 bridgehead atoms. The van der Waals surface area contributed by atoms with E-state index in [1.807, 2.05) is 25.3 Å². The van der Waals surface area contributed by atoms with E-state index in [0.29, 0.717) is 36.1 Å². The summed E-state index contributed by atoms with van der Waals surface area (Å²) in [6.07, 6.45) is 8.10. The molecule has 1 aromatic carbocycles. The molecule has 1 aliphatic carbocycles. The maximum absolute atomic E-state index is 11.6. The molecule has 0 spiro atoms. The molecule has 4 aromatic rings. The quantitative estimate of drug-likeness (QED) is 0.372. The van der Waals surface area contributed by atoms with E-state index in [0.717, 1.165) is 65.0 Å². The van der Waals surface area contributed by atoms with Gasteiger partial charge in [-0.05, 0) is 49.4 Å². The van der Waals surface area contributed by atoms with E-state index in [-0.39, 0.29) is 5.91 Å². The fourth-order valence-corrected chi connectivity index (χ4v) is 5.65. The standard InChI is InChI=1S/C25H27N7O2S/c1-14-30-23-20(34-14)7-6-19-22(23)15(8-9-26-19)10-27-16-2-4-17(5-3-16)28-11-18-12-29-25-24(31-18)32-21(33)13-35-25/h6-9,12,16-17,27-28H,2-5,10-11,13H2,1H3,(H,31,32,33). The third kappa shape index (κ3) is 4.73. The van der Waals surface area contributed by atoms with Gasteiger partial charge in [-0.25, -0.2) is 15.0 Å². The van der Waals surface area contributed by atoms with Crippen LogP contribution in [0, 0.1) is 6.92 Å². The molecule has 35 heavy (non-hydrogen) atoms. The van der Waals surface area contributed by atoms with Crippen LogP contribution in [0.25, 0.3) is 22.0 Å². The summed E-state index contributed by atoms with van der Waals surface area (Å²) in [6.45, 7) is 3.31. The minimum absolute atomic E-state index is 0.0203. The predicted molar refractivity (Wildman–Crippen MR) is 135 cm³/mol. The minimum atomic E-state index is -0.0203. The van der Waals surface area contributed by atoms with Crippen molar-refractivity contribution in [2.75, 3.05) is 11.1 Å². The number of aromatic nitrogens is 4. The number of thioether (sulfide) groups is 1. The molecule has 9 nitrogen and oxygen atoms in total. The lowest BCUT2D eigenvalue weighted by atomic mass is 9.91. The van der Waals surface area contributed by atoms with Crippen molar-refractivity contribution < 1.29 is 9.21 Å². The average Bonchev–Trinajstić information content (AvgIpc) is 3.27.